The predicted octanol–water partition coefficient (Wildman–Crippen LogP) is 3.21. The molecule has 0 spiro atoms. The Balaban J connectivity index is 2.20. The Morgan fingerprint density at radius 1 is 1.00 bits per heavy atom. The highest BCUT2D eigenvalue weighted by Gasteiger charge is 2.50. The van der Waals surface area contributed by atoms with Crippen LogP contribution in [0.2, 0.25) is 19.6 Å². The van der Waals surface area contributed by atoms with Gasteiger partial charge in [0.25, 0.3) is 5.91 Å². The Morgan fingerprint density at radius 3 is 2.23 bits per heavy atom. The first-order valence-corrected chi connectivity index (χ1v) is 11.2. The van der Waals surface area contributed by atoms with Gasteiger partial charge < -0.3 is 10.0 Å². The first kappa shape index (κ1) is 15.0. The van der Waals surface area contributed by atoms with Crippen LogP contribution in [0.15, 0.2) is 54.6 Å². The Labute approximate surface area is 132 Å². The average molecular weight is 311 g/mol. The topological polar surface area (TPSA) is 40.5 Å². The minimum absolute atomic E-state index is 0.0793. The van der Waals surface area contributed by atoms with Crippen LogP contribution in [0.3, 0.4) is 0 Å². The zero-order chi connectivity index (χ0) is 16.0. The maximum atomic E-state index is 12.9. The number of hydrogen-bond acceptors (Lipinski definition) is 2. The summed E-state index contributed by atoms with van der Waals surface area (Å²) in [4.78, 5) is 14.5. The second-order valence-electron chi connectivity index (χ2n) is 7.04. The molecule has 22 heavy (non-hydrogen) atoms. The van der Waals surface area contributed by atoms with Crippen molar-refractivity contribution >= 4 is 14.0 Å². The van der Waals surface area contributed by atoms with Gasteiger partial charge >= 0.3 is 0 Å². The third-order valence-corrected chi connectivity index (χ3v) is 5.24. The molecular weight excluding hydrogens is 290 g/mol. The maximum absolute atomic E-state index is 12.9. The zero-order valence-electron chi connectivity index (χ0n) is 13.2. The first-order chi connectivity index (χ1) is 10.3. The van der Waals surface area contributed by atoms with Gasteiger partial charge in [0, 0.05) is 22.9 Å². The van der Waals surface area contributed by atoms with Crippen molar-refractivity contribution in [1.82, 2.24) is 4.90 Å². The molecule has 0 unspecified atom stereocenters. The summed E-state index contributed by atoms with van der Waals surface area (Å²) in [5.41, 5.74) is 0.665. The van der Waals surface area contributed by atoms with Crippen molar-refractivity contribution in [3.05, 3.63) is 71.3 Å². The van der Waals surface area contributed by atoms with E-state index in [0.717, 1.165) is 5.56 Å². The summed E-state index contributed by atoms with van der Waals surface area (Å²) < 4.78 is 0. The number of nitrogens with zero attached hydrogens (tertiary/aromatic N) is 1. The van der Waals surface area contributed by atoms with Gasteiger partial charge in [-0.3, -0.25) is 4.79 Å². The molecule has 0 saturated carbocycles. The van der Waals surface area contributed by atoms with E-state index in [2.05, 4.69) is 19.6 Å². The zero-order valence-corrected chi connectivity index (χ0v) is 14.2. The van der Waals surface area contributed by atoms with Crippen LogP contribution < -0.4 is 0 Å². The standard InChI is InChI=1S/C18H21NO2Si/c1-22(2,3)13-19-17(20)15-11-7-8-12-16(15)18(19,21)14-9-5-4-6-10-14/h4-12,21H,13H2,1-3H3/t18-/m1/s1. The summed E-state index contributed by atoms with van der Waals surface area (Å²) in [5.74, 6) is -0.0793. The summed E-state index contributed by atoms with van der Waals surface area (Å²) in [6.07, 6.45) is 0.617. The fraction of sp³-hybridized carbons (Fsp3) is 0.278. The van der Waals surface area contributed by atoms with E-state index in [0.29, 0.717) is 17.3 Å². The highest BCUT2D eigenvalue weighted by molar-refractivity contribution is 6.76. The summed E-state index contributed by atoms with van der Waals surface area (Å²) in [6, 6.07) is 16.8. The van der Waals surface area contributed by atoms with Gasteiger partial charge in [-0.15, -0.1) is 0 Å². The highest BCUT2D eigenvalue weighted by atomic mass is 28.3. The number of carbonyl (C=O) groups is 1. The molecule has 0 saturated heterocycles. The molecule has 4 heteroatoms. The molecule has 2 aromatic rings. The van der Waals surface area contributed by atoms with Crippen molar-refractivity contribution in [2.45, 2.75) is 25.4 Å². The second-order valence-corrected chi connectivity index (χ2v) is 12.5. The lowest BCUT2D eigenvalue weighted by molar-refractivity contribution is -0.0422. The molecule has 114 valence electrons. The fourth-order valence-electron chi connectivity index (χ4n) is 3.05. The van der Waals surface area contributed by atoms with Crippen LogP contribution in [0.25, 0.3) is 0 Å². The summed E-state index contributed by atoms with van der Waals surface area (Å²) in [5, 5.41) is 11.5. The van der Waals surface area contributed by atoms with Gasteiger partial charge in [0.2, 0.25) is 0 Å². The summed E-state index contributed by atoms with van der Waals surface area (Å²) in [6.45, 7) is 6.61. The molecule has 1 heterocycles. The van der Waals surface area contributed by atoms with Gasteiger partial charge in [-0.1, -0.05) is 68.2 Å². The van der Waals surface area contributed by atoms with E-state index in [-0.39, 0.29) is 5.91 Å². The SMILES string of the molecule is C[Si](C)(C)CN1C(=O)c2ccccc2[C@]1(O)c1ccccc1. The molecule has 0 aliphatic carbocycles. The van der Waals surface area contributed by atoms with E-state index in [9.17, 15) is 9.90 Å². The van der Waals surface area contributed by atoms with E-state index >= 15 is 0 Å². The van der Waals surface area contributed by atoms with Crippen LogP contribution in [0.1, 0.15) is 21.5 Å². The number of hydrogen-bond donors (Lipinski definition) is 1. The van der Waals surface area contributed by atoms with Gasteiger partial charge in [0.05, 0.1) is 8.07 Å². The lowest BCUT2D eigenvalue weighted by atomic mass is 9.94. The number of fused-ring (bicyclic) bond motifs is 1. The molecule has 1 aliphatic rings. The van der Waals surface area contributed by atoms with Gasteiger partial charge in [0.1, 0.15) is 0 Å². The Morgan fingerprint density at radius 2 is 1.59 bits per heavy atom. The number of carbonyl (C=O) groups excluding carboxylic acids is 1. The molecule has 1 aliphatic heterocycles. The van der Waals surface area contributed by atoms with E-state index in [1.54, 1.807) is 11.0 Å². The molecule has 1 atom stereocenters. The van der Waals surface area contributed by atoms with Gasteiger partial charge in [-0.05, 0) is 6.07 Å². The van der Waals surface area contributed by atoms with E-state index in [1.165, 1.54) is 0 Å². The highest BCUT2D eigenvalue weighted by Crippen LogP contribution is 2.42. The quantitative estimate of drug-likeness (QED) is 0.884. The third-order valence-electron chi connectivity index (χ3n) is 3.98. The smallest absolute Gasteiger partial charge is 0.256 e. The van der Waals surface area contributed by atoms with Crippen molar-refractivity contribution < 1.29 is 9.90 Å². The van der Waals surface area contributed by atoms with E-state index in [4.69, 9.17) is 0 Å². The van der Waals surface area contributed by atoms with Crippen LogP contribution in [0.4, 0.5) is 0 Å². The second kappa shape index (κ2) is 5.07. The maximum Gasteiger partial charge on any atom is 0.256 e. The van der Waals surface area contributed by atoms with E-state index < -0.39 is 13.8 Å². The van der Waals surface area contributed by atoms with Crippen molar-refractivity contribution in [1.29, 1.82) is 0 Å². The van der Waals surface area contributed by atoms with Crippen LogP contribution in [-0.2, 0) is 5.72 Å². The molecule has 0 fully saturated rings. The average Bonchev–Trinajstić information content (AvgIpc) is 2.70. The molecule has 1 N–H and O–H groups in total. The molecule has 3 rings (SSSR count). The van der Waals surface area contributed by atoms with Gasteiger partial charge in [0.15, 0.2) is 5.72 Å². The largest absolute Gasteiger partial charge is 0.363 e. The van der Waals surface area contributed by atoms with Crippen molar-refractivity contribution in [2.24, 2.45) is 0 Å². The molecule has 0 radical (unpaired) electrons. The molecule has 0 bridgehead atoms. The molecule has 1 amide bonds. The van der Waals surface area contributed by atoms with Crippen molar-refractivity contribution in [3.63, 3.8) is 0 Å². The number of amides is 1. The summed E-state index contributed by atoms with van der Waals surface area (Å²) >= 11 is 0. The molecule has 2 aromatic carbocycles. The molecule has 0 aromatic heterocycles. The number of rotatable bonds is 3. The van der Waals surface area contributed by atoms with Crippen molar-refractivity contribution in [3.8, 4) is 0 Å². The minimum Gasteiger partial charge on any atom is -0.363 e. The van der Waals surface area contributed by atoms with Crippen LogP contribution in [-0.4, -0.2) is 30.2 Å². The normalized spacial score (nSPS) is 21.1. The summed E-state index contributed by atoms with van der Waals surface area (Å²) in [7, 11) is -1.58. The first-order valence-electron chi connectivity index (χ1n) is 7.53. The minimum atomic E-state index is -1.58. The molecule has 3 nitrogen and oxygen atoms in total. The Hall–Kier alpha value is -1.91. The number of aliphatic hydroxyl groups is 1. The van der Waals surface area contributed by atoms with Crippen LogP contribution in [0.5, 0.6) is 0 Å². The predicted molar refractivity (Wildman–Crippen MR) is 90.3 cm³/mol. The van der Waals surface area contributed by atoms with Gasteiger partial charge in [-0.2, -0.15) is 0 Å². The third kappa shape index (κ3) is 2.28. The van der Waals surface area contributed by atoms with Gasteiger partial charge in [-0.25, -0.2) is 0 Å². The fourth-order valence-corrected chi connectivity index (χ4v) is 4.37. The number of benzene rings is 2. The Kier molecular flexibility index (Phi) is 3.46. The van der Waals surface area contributed by atoms with Crippen LogP contribution >= 0.6 is 0 Å². The monoisotopic (exact) mass is 311 g/mol. The Bertz CT molecular complexity index is 709. The molecular formula is C18H21NO2Si. The lowest BCUT2D eigenvalue weighted by Crippen LogP contribution is -2.51. The lowest BCUT2D eigenvalue weighted by Gasteiger charge is -2.38. The van der Waals surface area contributed by atoms with Crippen molar-refractivity contribution in [2.75, 3.05) is 6.17 Å². The van der Waals surface area contributed by atoms with Crippen LogP contribution in [0, 0.1) is 0 Å². The van der Waals surface area contributed by atoms with E-state index in [1.807, 2.05) is 48.5 Å².